The van der Waals surface area contributed by atoms with E-state index in [1.165, 1.54) is 12.1 Å². The zero-order valence-electron chi connectivity index (χ0n) is 22.6. The SMILES string of the molecule is Cc1ccc(NC(=O)c2ccnc(C(F)(F)F)c2)cc1C(/C=C(/c1ccnc(NC(=O)C2CC2)c1)N(C)C)=C/C=O. The van der Waals surface area contributed by atoms with Gasteiger partial charge in [-0.2, -0.15) is 13.2 Å². The lowest BCUT2D eigenvalue weighted by atomic mass is 9.97. The van der Waals surface area contributed by atoms with E-state index in [1.54, 1.807) is 42.6 Å². The molecule has 0 saturated heterocycles. The minimum atomic E-state index is -4.68. The van der Waals surface area contributed by atoms with Crippen molar-refractivity contribution >= 4 is 40.9 Å². The van der Waals surface area contributed by atoms with Crippen LogP contribution in [0.15, 0.2) is 67.0 Å². The molecule has 2 N–H and O–H groups in total. The number of rotatable bonds is 9. The third-order valence-corrected chi connectivity index (χ3v) is 6.40. The zero-order chi connectivity index (χ0) is 29.7. The van der Waals surface area contributed by atoms with Crippen LogP contribution in [0.5, 0.6) is 0 Å². The number of pyridine rings is 2. The molecule has 2 aromatic heterocycles. The van der Waals surface area contributed by atoms with E-state index in [4.69, 9.17) is 0 Å². The summed E-state index contributed by atoms with van der Waals surface area (Å²) in [5.41, 5.74) is 2.36. The summed E-state index contributed by atoms with van der Waals surface area (Å²) in [5, 5.41) is 5.45. The van der Waals surface area contributed by atoms with Gasteiger partial charge in [-0.25, -0.2) is 4.98 Å². The maximum atomic E-state index is 13.1. The fourth-order valence-electron chi connectivity index (χ4n) is 4.08. The van der Waals surface area contributed by atoms with Crippen molar-refractivity contribution in [1.82, 2.24) is 14.9 Å². The first-order chi connectivity index (χ1) is 19.5. The van der Waals surface area contributed by atoms with Gasteiger partial charge in [0.1, 0.15) is 17.8 Å². The lowest BCUT2D eigenvalue weighted by Gasteiger charge is -2.20. The van der Waals surface area contributed by atoms with Crippen molar-refractivity contribution in [2.24, 2.45) is 5.92 Å². The van der Waals surface area contributed by atoms with Gasteiger partial charge in [0.25, 0.3) is 5.91 Å². The molecule has 2 amide bonds. The topological polar surface area (TPSA) is 104 Å². The fourth-order valence-corrected chi connectivity index (χ4v) is 4.08. The van der Waals surface area contributed by atoms with E-state index in [9.17, 15) is 27.6 Å². The van der Waals surface area contributed by atoms with E-state index < -0.39 is 17.8 Å². The number of aryl methyl sites for hydroxylation is 1. The molecule has 0 bridgehead atoms. The van der Waals surface area contributed by atoms with Gasteiger partial charge in [0.15, 0.2) is 0 Å². The molecule has 0 aliphatic heterocycles. The third-order valence-electron chi connectivity index (χ3n) is 6.40. The molecule has 3 aromatic rings. The van der Waals surface area contributed by atoms with E-state index in [0.29, 0.717) is 40.7 Å². The summed E-state index contributed by atoms with van der Waals surface area (Å²) >= 11 is 0. The molecular weight excluding hydrogens is 535 g/mol. The highest BCUT2D eigenvalue weighted by Gasteiger charge is 2.33. The number of aldehydes is 1. The van der Waals surface area contributed by atoms with Crippen LogP contribution >= 0.6 is 0 Å². The predicted octanol–water partition coefficient (Wildman–Crippen LogP) is 5.59. The van der Waals surface area contributed by atoms with E-state index in [1.807, 2.05) is 25.9 Å². The normalized spacial score (nSPS) is 13.9. The molecule has 1 fully saturated rings. The number of hydrogen-bond acceptors (Lipinski definition) is 6. The number of benzene rings is 1. The number of nitrogens with zero attached hydrogens (tertiary/aromatic N) is 3. The lowest BCUT2D eigenvalue weighted by molar-refractivity contribution is -0.141. The average molecular weight is 564 g/mol. The summed E-state index contributed by atoms with van der Waals surface area (Å²) in [6.07, 6.45) is 3.38. The number of anilines is 2. The number of halogens is 3. The standard InChI is InChI=1S/C30H28F3N5O3/c1-18-4-7-23(36-29(41)22-9-11-34-26(15-22)30(31,32)33)17-24(18)20(10-13-39)14-25(38(2)3)21-8-12-35-27(16-21)37-28(40)19-5-6-19/h4,7-17,19H,5-6H2,1-3H3,(H,36,41)(H,35,37,40)/b20-10+,25-14-. The summed E-state index contributed by atoms with van der Waals surface area (Å²) in [6, 6.07) is 10.4. The molecule has 1 aromatic carbocycles. The first-order valence-electron chi connectivity index (χ1n) is 12.7. The molecule has 11 heteroatoms. The van der Waals surface area contributed by atoms with Gasteiger partial charge in [0.05, 0.1) is 0 Å². The highest BCUT2D eigenvalue weighted by molar-refractivity contribution is 6.04. The van der Waals surface area contributed by atoms with E-state index in [0.717, 1.165) is 30.2 Å². The van der Waals surface area contributed by atoms with Crippen molar-refractivity contribution in [2.75, 3.05) is 24.7 Å². The third kappa shape index (κ3) is 7.44. The first kappa shape index (κ1) is 29.2. The van der Waals surface area contributed by atoms with Gasteiger partial charge < -0.3 is 15.5 Å². The Balaban J connectivity index is 1.65. The van der Waals surface area contributed by atoms with Crippen LogP contribution in [0.3, 0.4) is 0 Å². The number of nitrogens with one attached hydrogen (secondary N) is 2. The van der Waals surface area contributed by atoms with E-state index >= 15 is 0 Å². The molecule has 2 heterocycles. The molecule has 1 aliphatic carbocycles. The Hall–Kier alpha value is -4.80. The molecular formula is C30H28F3N5O3. The maximum absolute atomic E-state index is 13.1. The minimum Gasteiger partial charge on any atom is -0.377 e. The number of alkyl halides is 3. The number of allylic oxidation sites excluding steroid dienone is 3. The van der Waals surface area contributed by atoms with Gasteiger partial charge >= 0.3 is 6.18 Å². The first-order valence-corrected chi connectivity index (χ1v) is 12.7. The second-order valence-corrected chi connectivity index (χ2v) is 9.79. The molecule has 0 atom stereocenters. The second-order valence-electron chi connectivity index (χ2n) is 9.79. The molecule has 1 saturated carbocycles. The zero-order valence-corrected chi connectivity index (χ0v) is 22.6. The summed E-state index contributed by atoms with van der Waals surface area (Å²) < 4.78 is 39.2. The molecule has 0 radical (unpaired) electrons. The number of carbonyl (C=O) groups excluding carboxylic acids is 3. The van der Waals surface area contributed by atoms with Gasteiger partial charge in [0, 0.05) is 54.9 Å². The average Bonchev–Trinajstić information content (AvgIpc) is 3.78. The molecule has 4 rings (SSSR count). The van der Waals surface area contributed by atoms with Crippen LogP contribution in [-0.4, -0.2) is 47.1 Å². The number of amides is 2. The van der Waals surface area contributed by atoms with Crippen molar-refractivity contribution < 1.29 is 27.6 Å². The highest BCUT2D eigenvalue weighted by atomic mass is 19.4. The Bertz CT molecular complexity index is 1540. The van der Waals surface area contributed by atoms with Crippen molar-refractivity contribution in [2.45, 2.75) is 25.9 Å². The summed E-state index contributed by atoms with van der Waals surface area (Å²) in [4.78, 5) is 46.0. The fraction of sp³-hybridized carbons (Fsp3) is 0.233. The minimum absolute atomic E-state index is 0.0208. The smallest absolute Gasteiger partial charge is 0.377 e. The van der Waals surface area contributed by atoms with E-state index in [2.05, 4.69) is 20.6 Å². The van der Waals surface area contributed by atoms with Gasteiger partial charge in [-0.1, -0.05) is 6.07 Å². The number of aromatic nitrogens is 2. The predicted molar refractivity (Wildman–Crippen MR) is 150 cm³/mol. The molecule has 8 nitrogen and oxygen atoms in total. The van der Waals surface area contributed by atoms with Gasteiger partial charge in [-0.3, -0.25) is 19.4 Å². The Labute approximate surface area is 235 Å². The Morgan fingerprint density at radius 3 is 2.34 bits per heavy atom. The van der Waals surface area contributed by atoms with Crippen LogP contribution in [0.2, 0.25) is 0 Å². The number of carbonyl (C=O) groups is 3. The van der Waals surface area contributed by atoms with Crippen molar-refractivity contribution in [3.63, 3.8) is 0 Å². The molecule has 0 unspecified atom stereocenters. The molecule has 212 valence electrons. The lowest BCUT2D eigenvalue weighted by Crippen LogP contribution is -2.15. The summed E-state index contributed by atoms with van der Waals surface area (Å²) in [6.45, 7) is 1.83. The van der Waals surface area contributed by atoms with Crippen LogP contribution < -0.4 is 10.6 Å². The summed E-state index contributed by atoms with van der Waals surface area (Å²) in [7, 11) is 3.67. The van der Waals surface area contributed by atoms with Crippen molar-refractivity contribution in [1.29, 1.82) is 0 Å². The quantitative estimate of drug-likeness (QED) is 0.200. The second kappa shape index (κ2) is 12.2. The van der Waals surface area contributed by atoms with Crippen molar-refractivity contribution in [3.05, 3.63) is 95.0 Å². The number of hydrogen-bond donors (Lipinski definition) is 2. The van der Waals surface area contributed by atoms with Crippen LogP contribution in [0.1, 0.15) is 45.6 Å². The van der Waals surface area contributed by atoms with Crippen LogP contribution in [0, 0.1) is 12.8 Å². The van der Waals surface area contributed by atoms with Crippen LogP contribution in [0.25, 0.3) is 11.3 Å². The molecule has 41 heavy (non-hydrogen) atoms. The van der Waals surface area contributed by atoms with Gasteiger partial charge in [-0.15, -0.1) is 0 Å². The Morgan fingerprint density at radius 1 is 0.976 bits per heavy atom. The van der Waals surface area contributed by atoms with Crippen LogP contribution in [-0.2, 0) is 15.8 Å². The Kier molecular flexibility index (Phi) is 8.65. The molecule has 1 aliphatic rings. The summed E-state index contributed by atoms with van der Waals surface area (Å²) in [5.74, 6) is -0.371. The highest BCUT2D eigenvalue weighted by Crippen LogP contribution is 2.32. The largest absolute Gasteiger partial charge is 0.433 e. The monoisotopic (exact) mass is 563 g/mol. The van der Waals surface area contributed by atoms with Crippen molar-refractivity contribution in [3.8, 4) is 0 Å². The maximum Gasteiger partial charge on any atom is 0.433 e. The van der Waals surface area contributed by atoms with E-state index in [-0.39, 0.29) is 17.4 Å². The van der Waals surface area contributed by atoms with Gasteiger partial charge in [-0.05, 0) is 85.0 Å². The molecule has 0 spiro atoms. The van der Waals surface area contributed by atoms with Crippen LogP contribution in [0.4, 0.5) is 24.7 Å². The van der Waals surface area contributed by atoms with Gasteiger partial charge in [0.2, 0.25) is 5.91 Å². The Morgan fingerprint density at radius 2 is 1.68 bits per heavy atom.